The number of benzene rings is 1. The SMILES string of the molecule is CC(C)C1CN(Cc2ccc(Br)cc2)C(C2CC2)CN1. The molecule has 1 heterocycles. The molecular formula is C17H25BrN2. The van der Waals surface area contributed by atoms with Crippen molar-refractivity contribution in [1.82, 2.24) is 10.2 Å². The Hall–Kier alpha value is -0.380. The zero-order chi connectivity index (χ0) is 14.1. The minimum atomic E-state index is 0.639. The molecular weight excluding hydrogens is 312 g/mol. The van der Waals surface area contributed by atoms with E-state index in [-0.39, 0.29) is 0 Å². The van der Waals surface area contributed by atoms with Crippen LogP contribution in [0.2, 0.25) is 0 Å². The Bertz CT molecular complexity index is 439. The van der Waals surface area contributed by atoms with E-state index in [0.717, 1.165) is 18.5 Å². The van der Waals surface area contributed by atoms with E-state index in [4.69, 9.17) is 0 Å². The quantitative estimate of drug-likeness (QED) is 0.902. The molecule has 0 spiro atoms. The highest BCUT2D eigenvalue weighted by atomic mass is 79.9. The van der Waals surface area contributed by atoms with Gasteiger partial charge >= 0.3 is 0 Å². The van der Waals surface area contributed by atoms with Crippen LogP contribution in [0.4, 0.5) is 0 Å². The number of hydrogen-bond acceptors (Lipinski definition) is 2. The average Bonchev–Trinajstić information content (AvgIpc) is 3.26. The van der Waals surface area contributed by atoms with Gasteiger partial charge in [-0.1, -0.05) is 41.9 Å². The Morgan fingerprint density at radius 1 is 1.25 bits per heavy atom. The molecule has 1 N–H and O–H groups in total. The van der Waals surface area contributed by atoms with Crippen LogP contribution in [0.5, 0.6) is 0 Å². The van der Waals surface area contributed by atoms with Crippen molar-refractivity contribution in [3.8, 4) is 0 Å². The highest BCUT2D eigenvalue weighted by Gasteiger charge is 2.39. The number of nitrogens with one attached hydrogen (secondary N) is 1. The highest BCUT2D eigenvalue weighted by molar-refractivity contribution is 9.10. The van der Waals surface area contributed by atoms with Gasteiger partial charge in [0.25, 0.3) is 0 Å². The third-order valence-corrected chi connectivity index (χ3v) is 5.29. The molecule has 1 saturated heterocycles. The van der Waals surface area contributed by atoms with Crippen LogP contribution in [-0.4, -0.2) is 30.1 Å². The Morgan fingerprint density at radius 3 is 2.55 bits per heavy atom. The summed E-state index contributed by atoms with van der Waals surface area (Å²) in [7, 11) is 0. The molecule has 1 aromatic carbocycles. The highest BCUT2D eigenvalue weighted by Crippen LogP contribution is 2.37. The monoisotopic (exact) mass is 336 g/mol. The first-order chi connectivity index (χ1) is 9.63. The number of halogens is 1. The number of rotatable bonds is 4. The van der Waals surface area contributed by atoms with E-state index in [2.05, 4.69) is 64.3 Å². The van der Waals surface area contributed by atoms with Gasteiger partial charge in [-0.25, -0.2) is 0 Å². The van der Waals surface area contributed by atoms with Gasteiger partial charge in [0.05, 0.1) is 0 Å². The average molecular weight is 337 g/mol. The summed E-state index contributed by atoms with van der Waals surface area (Å²) < 4.78 is 1.17. The van der Waals surface area contributed by atoms with E-state index in [0.29, 0.717) is 12.0 Å². The third kappa shape index (κ3) is 3.44. The summed E-state index contributed by atoms with van der Waals surface area (Å²) in [5.74, 6) is 1.65. The van der Waals surface area contributed by atoms with Crippen molar-refractivity contribution in [3.05, 3.63) is 34.3 Å². The summed E-state index contributed by atoms with van der Waals surface area (Å²) in [5.41, 5.74) is 1.43. The summed E-state index contributed by atoms with van der Waals surface area (Å²) in [4.78, 5) is 2.72. The van der Waals surface area contributed by atoms with Crippen molar-refractivity contribution in [2.75, 3.05) is 13.1 Å². The molecule has 2 fully saturated rings. The Morgan fingerprint density at radius 2 is 1.95 bits per heavy atom. The van der Waals surface area contributed by atoms with E-state index in [9.17, 15) is 0 Å². The third-order valence-electron chi connectivity index (χ3n) is 4.76. The van der Waals surface area contributed by atoms with Crippen LogP contribution in [0.3, 0.4) is 0 Å². The van der Waals surface area contributed by atoms with Gasteiger partial charge in [-0.2, -0.15) is 0 Å². The van der Waals surface area contributed by atoms with Gasteiger partial charge in [0.2, 0.25) is 0 Å². The molecule has 2 unspecified atom stereocenters. The number of piperazine rings is 1. The maximum absolute atomic E-state index is 3.77. The number of nitrogens with zero attached hydrogens (tertiary/aromatic N) is 1. The van der Waals surface area contributed by atoms with Crippen LogP contribution >= 0.6 is 15.9 Å². The molecule has 1 aromatic rings. The van der Waals surface area contributed by atoms with Crippen LogP contribution < -0.4 is 5.32 Å². The predicted molar refractivity (Wildman–Crippen MR) is 87.7 cm³/mol. The fraction of sp³-hybridized carbons (Fsp3) is 0.647. The summed E-state index contributed by atoms with van der Waals surface area (Å²) in [6, 6.07) is 10.2. The molecule has 0 bridgehead atoms. The Labute approximate surface area is 131 Å². The van der Waals surface area contributed by atoms with Crippen molar-refractivity contribution >= 4 is 15.9 Å². The van der Waals surface area contributed by atoms with Crippen molar-refractivity contribution in [3.63, 3.8) is 0 Å². The van der Waals surface area contributed by atoms with Gasteiger partial charge < -0.3 is 5.32 Å². The minimum Gasteiger partial charge on any atom is -0.311 e. The second-order valence-corrected chi connectivity index (χ2v) is 7.64. The second-order valence-electron chi connectivity index (χ2n) is 6.72. The summed E-state index contributed by atoms with van der Waals surface area (Å²) in [5, 5.41) is 3.77. The van der Waals surface area contributed by atoms with E-state index < -0.39 is 0 Å². The van der Waals surface area contributed by atoms with E-state index >= 15 is 0 Å². The zero-order valence-corrected chi connectivity index (χ0v) is 14.1. The van der Waals surface area contributed by atoms with Crippen molar-refractivity contribution < 1.29 is 0 Å². The van der Waals surface area contributed by atoms with Crippen LogP contribution in [-0.2, 0) is 6.54 Å². The topological polar surface area (TPSA) is 15.3 Å². The molecule has 1 aliphatic carbocycles. The lowest BCUT2D eigenvalue weighted by atomic mass is 9.97. The van der Waals surface area contributed by atoms with Crippen LogP contribution in [0.15, 0.2) is 28.7 Å². The Kier molecular flexibility index (Phi) is 4.49. The minimum absolute atomic E-state index is 0.639. The molecule has 0 aromatic heterocycles. The molecule has 110 valence electrons. The summed E-state index contributed by atoms with van der Waals surface area (Å²) in [6.07, 6.45) is 2.85. The van der Waals surface area contributed by atoms with Gasteiger partial charge in [0.15, 0.2) is 0 Å². The second kappa shape index (κ2) is 6.17. The van der Waals surface area contributed by atoms with Crippen LogP contribution in [0.1, 0.15) is 32.3 Å². The van der Waals surface area contributed by atoms with Crippen molar-refractivity contribution in [2.24, 2.45) is 11.8 Å². The fourth-order valence-electron chi connectivity index (χ4n) is 3.25. The molecule has 3 rings (SSSR count). The zero-order valence-electron chi connectivity index (χ0n) is 12.5. The molecule has 3 heteroatoms. The van der Waals surface area contributed by atoms with Crippen LogP contribution in [0, 0.1) is 11.8 Å². The van der Waals surface area contributed by atoms with Gasteiger partial charge in [-0.15, -0.1) is 0 Å². The predicted octanol–water partition coefficient (Wildman–Crippen LogP) is 3.66. The summed E-state index contributed by atoms with van der Waals surface area (Å²) in [6.45, 7) is 8.11. The maximum Gasteiger partial charge on any atom is 0.0253 e. The lowest BCUT2D eigenvalue weighted by Gasteiger charge is -2.42. The molecule has 0 radical (unpaired) electrons. The van der Waals surface area contributed by atoms with Gasteiger partial charge in [0, 0.05) is 36.2 Å². The normalized spacial score (nSPS) is 28.0. The Balaban J connectivity index is 1.70. The van der Waals surface area contributed by atoms with Gasteiger partial charge in [-0.05, 0) is 42.4 Å². The fourth-order valence-corrected chi connectivity index (χ4v) is 3.52. The van der Waals surface area contributed by atoms with Gasteiger partial charge in [-0.3, -0.25) is 4.90 Å². The maximum atomic E-state index is 3.77. The lowest BCUT2D eigenvalue weighted by Crippen LogP contribution is -2.58. The van der Waals surface area contributed by atoms with Crippen molar-refractivity contribution in [2.45, 2.75) is 45.3 Å². The smallest absolute Gasteiger partial charge is 0.0253 e. The molecule has 2 atom stereocenters. The molecule has 0 amide bonds. The molecule has 2 nitrogen and oxygen atoms in total. The molecule has 1 aliphatic heterocycles. The molecule has 2 aliphatic rings. The largest absolute Gasteiger partial charge is 0.311 e. The van der Waals surface area contributed by atoms with E-state index in [1.807, 2.05) is 0 Å². The molecule has 1 saturated carbocycles. The first-order valence-corrected chi connectivity index (χ1v) is 8.64. The first kappa shape index (κ1) is 14.6. The van der Waals surface area contributed by atoms with Crippen molar-refractivity contribution in [1.29, 1.82) is 0 Å². The first-order valence-electron chi connectivity index (χ1n) is 7.85. The standard InChI is InChI=1S/C17H25BrN2/c1-12(2)16-11-20(17(9-19-16)14-5-6-14)10-13-3-7-15(18)8-4-13/h3-4,7-8,12,14,16-17,19H,5-6,9-11H2,1-2H3. The van der Waals surface area contributed by atoms with Crippen LogP contribution in [0.25, 0.3) is 0 Å². The lowest BCUT2D eigenvalue weighted by molar-refractivity contribution is 0.0926. The van der Waals surface area contributed by atoms with E-state index in [1.165, 1.54) is 36.0 Å². The molecule has 20 heavy (non-hydrogen) atoms. The van der Waals surface area contributed by atoms with Gasteiger partial charge in [0.1, 0.15) is 0 Å². The van der Waals surface area contributed by atoms with E-state index in [1.54, 1.807) is 0 Å². The number of hydrogen-bond donors (Lipinski definition) is 1. The summed E-state index contributed by atoms with van der Waals surface area (Å²) >= 11 is 3.52.